The highest BCUT2D eigenvalue weighted by atomic mass is 16.5. The molecule has 1 heterocycles. The van der Waals surface area contributed by atoms with E-state index in [1.54, 1.807) is 14.2 Å². The van der Waals surface area contributed by atoms with Crippen LogP contribution in [0.5, 0.6) is 23.0 Å². The number of hydrogen-bond donors (Lipinski definition) is 2. The Labute approximate surface area is 196 Å². The molecule has 0 aliphatic carbocycles. The summed E-state index contributed by atoms with van der Waals surface area (Å²) >= 11 is 0. The number of piperazine rings is 1. The lowest BCUT2D eigenvalue weighted by Crippen LogP contribution is -2.55. The second-order valence-electron chi connectivity index (χ2n) is 8.38. The summed E-state index contributed by atoms with van der Waals surface area (Å²) in [6.07, 6.45) is -1.15. The quantitative estimate of drug-likeness (QED) is 0.497. The minimum Gasteiger partial charge on any atom is -0.497 e. The van der Waals surface area contributed by atoms with Crippen LogP contribution in [-0.2, 0) is 0 Å². The summed E-state index contributed by atoms with van der Waals surface area (Å²) in [5, 5.41) is 20.8. The molecule has 1 aliphatic rings. The number of aliphatic hydroxyl groups is 2. The van der Waals surface area contributed by atoms with Crippen molar-refractivity contribution in [2.45, 2.75) is 25.2 Å². The van der Waals surface area contributed by atoms with Crippen LogP contribution in [0.3, 0.4) is 0 Å². The number of methoxy groups -OCH3 is 2. The van der Waals surface area contributed by atoms with Crippen molar-refractivity contribution in [1.29, 1.82) is 0 Å². The molecule has 2 aromatic carbocycles. The minimum atomic E-state index is -0.579. The second-order valence-corrected chi connectivity index (χ2v) is 8.38. The van der Waals surface area contributed by atoms with Gasteiger partial charge in [0.25, 0.3) is 0 Å². The summed E-state index contributed by atoms with van der Waals surface area (Å²) in [4.78, 5) is 4.50. The minimum absolute atomic E-state index is 0.237. The molecule has 0 amide bonds. The largest absolute Gasteiger partial charge is 0.497 e. The van der Waals surface area contributed by atoms with Gasteiger partial charge in [-0.05, 0) is 55.5 Å². The van der Waals surface area contributed by atoms with Crippen LogP contribution >= 0.6 is 0 Å². The van der Waals surface area contributed by atoms with Gasteiger partial charge in [0, 0.05) is 38.8 Å². The van der Waals surface area contributed by atoms with Crippen molar-refractivity contribution in [3.05, 3.63) is 48.5 Å². The van der Waals surface area contributed by atoms with Gasteiger partial charge in [0.2, 0.25) is 0 Å². The maximum absolute atomic E-state index is 10.4. The zero-order valence-corrected chi connectivity index (χ0v) is 19.7. The topological polar surface area (TPSA) is 83.9 Å². The number of β-amino-alcohol motifs (C(OH)–C–C–N with tert-alkyl or cyclic N) is 2. The predicted octanol–water partition coefficient (Wildman–Crippen LogP) is 1.89. The lowest BCUT2D eigenvalue weighted by atomic mass is 10.1. The number of nitrogens with zero attached hydrogens (tertiary/aromatic N) is 2. The van der Waals surface area contributed by atoms with Gasteiger partial charge in [-0.3, -0.25) is 9.80 Å². The molecule has 3 rings (SSSR count). The molecule has 0 aromatic heterocycles. The van der Waals surface area contributed by atoms with Gasteiger partial charge in [-0.1, -0.05) is 0 Å². The van der Waals surface area contributed by atoms with Crippen LogP contribution in [0.15, 0.2) is 48.5 Å². The maximum atomic E-state index is 10.4. The Morgan fingerprint density at radius 3 is 1.67 bits per heavy atom. The lowest BCUT2D eigenvalue weighted by molar-refractivity contribution is 0.00243. The van der Waals surface area contributed by atoms with E-state index in [0.717, 1.165) is 31.1 Å². The van der Waals surface area contributed by atoms with E-state index < -0.39 is 12.2 Å². The number of hydrogen-bond acceptors (Lipinski definition) is 8. The van der Waals surface area contributed by atoms with Gasteiger partial charge in [-0.2, -0.15) is 0 Å². The molecule has 0 radical (unpaired) electrons. The van der Waals surface area contributed by atoms with Gasteiger partial charge in [-0.15, -0.1) is 0 Å². The molecule has 2 aromatic rings. The standard InChI is InChI=1S/C25H36N2O6/c1-19-14-26(15-20(28)17-32-24-8-4-22(30-2)5-9-24)12-13-27(19)16-21(29)18-33-25-10-6-23(31-3)7-11-25/h4-11,19-21,28-29H,12-18H2,1-3H3. The highest BCUT2D eigenvalue weighted by Gasteiger charge is 2.26. The van der Waals surface area contributed by atoms with E-state index >= 15 is 0 Å². The fraction of sp³-hybridized carbons (Fsp3) is 0.520. The zero-order valence-electron chi connectivity index (χ0n) is 19.7. The van der Waals surface area contributed by atoms with E-state index in [1.165, 1.54) is 0 Å². The summed E-state index contributed by atoms with van der Waals surface area (Å²) < 4.78 is 21.7. The van der Waals surface area contributed by atoms with Crippen LogP contribution in [0.2, 0.25) is 0 Å². The molecule has 33 heavy (non-hydrogen) atoms. The van der Waals surface area contributed by atoms with E-state index in [4.69, 9.17) is 18.9 Å². The third-order valence-electron chi connectivity index (χ3n) is 5.77. The Hall–Kier alpha value is -2.52. The first-order chi connectivity index (χ1) is 16.0. The molecule has 1 aliphatic heterocycles. The van der Waals surface area contributed by atoms with Gasteiger partial charge in [0.05, 0.1) is 14.2 Å². The molecular formula is C25H36N2O6. The van der Waals surface area contributed by atoms with E-state index in [9.17, 15) is 10.2 Å². The first-order valence-corrected chi connectivity index (χ1v) is 11.3. The van der Waals surface area contributed by atoms with Crippen molar-refractivity contribution in [2.24, 2.45) is 0 Å². The smallest absolute Gasteiger partial charge is 0.119 e. The van der Waals surface area contributed by atoms with Crippen molar-refractivity contribution in [2.75, 3.05) is 60.2 Å². The third-order valence-corrected chi connectivity index (χ3v) is 5.77. The summed E-state index contributed by atoms with van der Waals surface area (Å²) in [7, 11) is 3.25. The molecule has 1 saturated heterocycles. The first-order valence-electron chi connectivity index (χ1n) is 11.3. The summed E-state index contributed by atoms with van der Waals surface area (Å²) in [5.41, 5.74) is 0. The van der Waals surface area contributed by atoms with Crippen molar-refractivity contribution in [3.63, 3.8) is 0 Å². The van der Waals surface area contributed by atoms with Crippen molar-refractivity contribution in [1.82, 2.24) is 9.80 Å². The number of benzene rings is 2. The zero-order chi connectivity index (χ0) is 23.6. The van der Waals surface area contributed by atoms with Gasteiger partial charge >= 0.3 is 0 Å². The van der Waals surface area contributed by atoms with Crippen LogP contribution in [0, 0.1) is 0 Å². The molecular weight excluding hydrogens is 424 g/mol. The van der Waals surface area contributed by atoms with E-state index in [-0.39, 0.29) is 19.3 Å². The molecule has 8 nitrogen and oxygen atoms in total. The van der Waals surface area contributed by atoms with Gasteiger partial charge in [0.1, 0.15) is 48.4 Å². The highest BCUT2D eigenvalue weighted by molar-refractivity contribution is 5.31. The van der Waals surface area contributed by atoms with Gasteiger partial charge in [-0.25, -0.2) is 0 Å². The molecule has 0 spiro atoms. The summed E-state index contributed by atoms with van der Waals surface area (Å²) in [6.45, 7) is 6.20. The van der Waals surface area contributed by atoms with E-state index in [0.29, 0.717) is 24.6 Å². The lowest BCUT2D eigenvalue weighted by Gasteiger charge is -2.41. The molecule has 8 heteroatoms. The van der Waals surface area contributed by atoms with Crippen molar-refractivity contribution >= 4 is 0 Å². The summed E-state index contributed by atoms with van der Waals surface area (Å²) in [5.74, 6) is 2.96. The molecule has 0 bridgehead atoms. The molecule has 3 unspecified atom stereocenters. The molecule has 182 valence electrons. The first kappa shape index (κ1) is 25.1. The van der Waals surface area contributed by atoms with Gasteiger partial charge in [0.15, 0.2) is 0 Å². The average Bonchev–Trinajstić information content (AvgIpc) is 2.84. The predicted molar refractivity (Wildman–Crippen MR) is 126 cm³/mol. The number of aliphatic hydroxyl groups excluding tert-OH is 2. The van der Waals surface area contributed by atoms with Crippen LogP contribution in [-0.4, -0.2) is 98.4 Å². The average molecular weight is 461 g/mol. The van der Waals surface area contributed by atoms with Crippen LogP contribution < -0.4 is 18.9 Å². The number of rotatable bonds is 12. The molecule has 0 saturated carbocycles. The molecule has 3 atom stereocenters. The van der Waals surface area contributed by atoms with E-state index in [1.807, 2.05) is 48.5 Å². The SMILES string of the molecule is COc1ccc(OCC(O)CN2CCN(CC(O)COc3ccc(OC)cc3)C(C)C2)cc1. The van der Waals surface area contributed by atoms with Crippen LogP contribution in [0.4, 0.5) is 0 Å². The monoisotopic (exact) mass is 460 g/mol. The Morgan fingerprint density at radius 1 is 0.758 bits per heavy atom. The van der Waals surface area contributed by atoms with Crippen LogP contribution in [0.1, 0.15) is 6.92 Å². The number of ether oxygens (including phenoxy) is 4. The summed E-state index contributed by atoms with van der Waals surface area (Å²) in [6, 6.07) is 14.9. The Morgan fingerprint density at radius 2 is 1.21 bits per heavy atom. The van der Waals surface area contributed by atoms with E-state index in [2.05, 4.69) is 16.7 Å². The van der Waals surface area contributed by atoms with Crippen molar-refractivity contribution in [3.8, 4) is 23.0 Å². The van der Waals surface area contributed by atoms with Gasteiger partial charge < -0.3 is 29.2 Å². The fourth-order valence-corrected chi connectivity index (χ4v) is 3.91. The second kappa shape index (κ2) is 12.6. The fourth-order valence-electron chi connectivity index (χ4n) is 3.91. The Kier molecular flexibility index (Phi) is 9.62. The molecule has 1 fully saturated rings. The Bertz CT molecular complexity index is 817. The third kappa shape index (κ3) is 8.08. The molecule has 2 N–H and O–H groups in total. The Balaban J connectivity index is 1.34. The normalized spacial score (nSPS) is 19.0. The maximum Gasteiger partial charge on any atom is 0.119 e. The van der Waals surface area contributed by atoms with Crippen molar-refractivity contribution < 1.29 is 29.2 Å². The highest BCUT2D eigenvalue weighted by Crippen LogP contribution is 2.19. The van der Waals surface area contributed by atoms with Crippen LogP contribution in [0.25, 0.3) is 0 Å².